The Morgan fingerprint density at radius 1 is 0.500 bits per heavy atom. The second-order valence-corrected chi connectivity index (χ2v) is 21.6. The summed E-state index contributed by atoms with van der Waals surface area (Å²) in [5, 5.41) is 2.14. The number of rotatable bonds is 2. The summed E-state index contributed by atoms with van der Waals surface area (Å²) in [4.78, 5) is 0. The van der Waals surface area contributed by atoms with E-state index in [1.165, 1.54) is 11.1 Å². The average Bonchev–Trinajstić information content (AvgIpc) is 2.93. The van der Waals surface area contributed by atoms with Crippen LogP contribution in [0.2, 0.25) is 0 Å². The Morgan fingerprint density at radius 2 is 0.861 bits per heavy atom. The topological polar surface area (TPSA) is 36.9 Å². The molecule has 10 heteroatoms. The zero-order chi connectivity index (χ0) is 25.1. The highest BCUT2D eigenvalue weighted by Crippen LogP contribution is 2.61. The minimum Gasteiger partial charge on any atom is -0.377 e. The van der Waals surface area contributed by atoms with E-state index in [4.69, 9.17) is 42.1 Å². The van der Waals surface area contributed by atoms with Crippen molar-refractivity contribution >= 4 is 67.9 Å². The Kier molecular flexibility index (Phi) is 11.6. The van der Waals surface area contributed by atoms with Gasteiger partial charge in [-0.25, -0.2) is 0 Å². The van der Waals surface area contributed by atoms with E-state index in [0.29, 0.717) is 39.6 Å². The van der Waals surface area contributed by atoms with Crippen molar-refractivity contribution in [1.82, 2.24) is 0 Å². The Bertz CT molecular complexity index is 1090. The fourth-order valence-corrected chi connectivity index (χ4v) is 13.6. The summed E-state index contributed by atoms with van der Waals surface area (Å²) in [6.45, 7) is 2.88. The van der Waals surface area contributed by atoms with Gasteiger partial charge in [0.1, 0.15) is 10.9 Å². The van der Waals surface area contributed by atoms with Gasteiger partial charge in [-0.05, 0) is 11.1 Å². The van der Waals surface area contributed by atoms with E-state index in [1.54, 1.807) is 22.8 Å². The van der Waals surface area contributed by atoms with E-state index >= 15 is 0 Å². The molecule has 192 valence electrons. The van der Waals surface area contributed by atoms with Crippen molar-refractivity contribution in [2.75, 3.05) is 39.6 Å². The molecule has 0 radical (unpaired) electrons. The fraction of sp³-hybridized carbons (Fsp3) is 0.308. The molecule has 0 saturated carbocycles. The van der Waals surface area contributed by atoms with Crippen molar-refractivity contribution in [3.05, 3.63) is 96.1 Å². The minimum atomic E-state index is -2.31. The summed E-state index contributed by atoms with van der Waals surface area (Å²) < 4.78 is 24.2. The first-order chi connectivity index (χ1) is 17.6. The van der Waals surface area contributed by atoms with Gasteiger partial charge in [0.15, 0.2) is 0 Å². The van der Waals surface area contributed by atoms with Crippen molar-refractivity contribution in [3.8, 4) is 0 Å². The molecule has 0 spiro atoms. The van der Waals surface area contributed by atoms with E-state index < -0.39 is 10.9 Å². The third-order valence-electron chi connectivity index (χ3n) is 5.39. The van der Waals surface area contributed by atoms with Crippen LogP contribution in [0.5, 0.6) is 0 Å². The Balaban J connectivity index is 1.58. The molecule has 0 bridgehead atoms. The molecule has 4 nitrogen and oxygen atoms in total. The molecule has 1 heterocycles. The zero-order valence-corrected chi connectivity index (χ0v) is 25.0. The van der Waals surface area contributed by atoms with E-state index in [1.807, 2.05) is 36.4 Å². The summed E-state index contributed by atoms with van der Waals surface area (Å²) in [6, 6.07) is 28.9. The molecule has 0 amide bonds. The lowest BCUT2D eigenvalue weighted by atomic mass is 10.1. The van der Waals surface area contributed by atoms with E-state index in [-0.39, 0.29) is 0 Å². The summed E-state index contributed by atoms with van der Waals surface area (Å²) >= 11 is 15.8. The van der Waals surface area contributed by atoms with Crippen LogP contribution in [-0.2, 0) is 53.6 Å². The SMILES string of the molecule is S=P1(c2ccccc2)OCCOCCOCCOP(=S)(c2ccccc2)SCc2ccccc2CS1. The molecule has 3 aromatic rings. The number of hydrogen-bond donors (Lipinski definition) is 0. The van der Waals surface area contributed by atoms with Crippen LogP contribution < -0.4 is 10.6 Å². The molecule has 1 aliphatic rings. The van der Waals surface area contributed by atoms with Crippen LogP contribution in [-0.4, -0.2) is 39.6 Å². The lowest BCUT2D eigenvalue weighted by molar-refractivity contribution is 0.0300. The predicted octanol–water partition coefficient (Wildman–Crippen LogP) is 6.50. The maximum atomic E-state index is 6.35. The number of fused-ring (bicyclic) bond motifs is 1. The molecule has 0 aromatic heterocycles. The van der Waals surface area contributed by atoms with Crippen LogP contribution in [0.3, 0.4) is 0 Å². The van der Waals surface area contributed by atoms with Gasteiger partial charge in [0.2, 0.25) is 0 Å². The predicted molar refractivity (Wildman–Crippen MR) is 163 cm³/mol. The summed E-state index contributed by atoms with van der Waals surface area (Å²) in [7, 11) is 0. The third-order valence-corrected chi connectivity index (χ3v) is 18.4. The van der Waals surface area contributed by atoms with Crippen LogP contribution in [0.25, 0.3) is 0 Å². The Labute approximate surface area is 232 Å². The van der Waals surface area contributed by atoms with Crippen molar-refractivity contribution in [3.63, 3.8) is 0 Å². The lowest BCUT2D eigenvalue weighted by Gasteiger charge is -2.24. The van der Waals surface area contributed by atoms with Crippen molar-refractivity contribution in [1.29, 1.82) is 0 Å². The standard InChI is InChI=1S/C26H30O4P2S4/c33-31(25-11-3-1-4-12-25)29-19-17-27-15-16-28-18-20-30-32(34,26-13-5-2-6-14-26)36-22-24-10-8-7-9-23(24)21-35-31/h1-14H,15-22H2. The number of benzene rings is 3. The van der Waals surface area contributed by atoms with Gasteiger partial charge in [0, 0.05) is 22.1 Å². The van der Waals surface area contributed by atoms with Gasteiger partial charge in [-0.2, -0.15) is 0 Å². The maximum absolute atomic E-state index is 6.35. The maximum Gasteiger partial charge on any atom is 0.149 e. The summed E-state index contributed by atoms with van der Waals surface area (Å²) in [6.07, 6.45) is 0. The third kappa shape index (κ3) is 8.25. The second kappa shape index (κ2) is 14.6. The average molecular weight is 597 g/mol. The van der Waals surface area contributed by atoms with Gasteiger partial charge in [0.25, 0.3) is 0 Å². The summed E-state index contributed by atoms with van der Waals surface area (Å²) in [5.41, 5.74) is -2.13. The van der Waals surface area contributed by atoms with Gasteiger partial charge >= 0.3 is 0 Å². The lowest BCUT2D eigenvalue weighted by Crippen LogP contribution is -2.13. The number of ether oxygens (including phenoxy) is 2. The summed E-state index contributed by atoms with van der Waals surface area (Å²) in [5.74, 6) is 1.54. The highest BCUT2D eigenvalue weighted by Gasteiger charge is 2.24. The molecule has 2 atom stereocenters. The van der Waals surface area contributed by atoms with E-state index in [9.17, 15) is 0 Å². The molecule has 1 aliphatic heterocycles. The molecule has 3 aromatic carbocycles. The molecular formula is C26H30O4P2S4. The van der Waals surface area contributed by atoms with Gasteiger partial charge in [-0.15, -0.1) is 0 Å². The zero-order valence-electron chi connectivity index (χ0n) is 19.9. The van der Waals surface area contributed by atoms with Crippen LogP contribution in [0, 0.1) is 0 Å². The normalized spacial score (nSPS) is 25.2. The van der Waals surface area contributed by atoms with E-state index in [2.05, 4.69) is 48.5 Å². The van der Waals surface area contributed by atoms with Gasteiger partial charge in [-0.1, -0.05) is 131 Å². The Hall–Kier alpha value is -0.500. The van der Waals surface area contributed by atoms with Gasteiger partial charge in [0.05, 0.1) is 39.6 Å². The van der Waals surface area contributed by atoms with Gasteiger partial charge in [-0.3, -0.25) is 0 Å². The van der Waals surface area contributed by atoms with Crippen molar-refractivity contribution in [2.24, 2.45) is 0 Å². The molecule has 2 unspecified atom stereocenters. The first kappa shape index (κ1) is 28.5. The molecule has 4 rings (SSSR count). The molecule has 36 heavy (non-hydrogen) atoms. The highest BCUT2D eigenvalue weighted by molar-refractivity contribution is 8.71. The first-order valence-corrected chi connectivity index (χ1v) is 20.3. The molecule has 0 N–H and O–H groups in total. The largest absolute Gasteiger partial charge is 0.377 e. The monoisotopic (exact) mass is 596 g/mol. The smallest absolute Gasteiger partial charge is 0.149 e. The molecule has 0 saturated heterocycles. The fourth-order valence-electron chi connectivity index (χ4n) is 3.50. The van der Waals surface area contributed by atoms with Crippen LogP contribution in [0.1, 0.15) is 11.1 Å². The Morgan fingerprint density at radius 3 is 1.28 bits per heavy atom. The highest BCUT2D eigenvalue weighted by atomic mass is 32.9. The minimum absolute atomic E-state index is 0.458. The van der Waals surface area contributed by atoms with Gasteiger partial charge < -0.3 is 18.5 Å². The van der Waals surface area contributed by atoms with Crippen LogP contribution in [0.15, 0.2) is 84.9 Å². The number of hydrogen-bond acceptors (Lipinski definition) is 8. The van der Waals surface area contributed by atoms with Crippen molar-refractivity contribution in [2.45, 2.75) is 11.5 Å². The van der Waals surface area contributed by atoms with Crippen molar-refractivity contribution < 1.29 is 18.5 Å². The molecule has 0 aliphatic carbocycles. The second-order valence-electron chi connectivity index (χ2n) is 7.87. The van der Waals surface area contributed by atoms with Crippen LogP contribution >= 0.6 is 33.7 Å². The quantitative estimate of drug-likeness (QED) is 0.311. The first-order valence-electron chi connectivity index (χ1n) is 11.7. The van der Waals surface area contributed by atoms with E-state index in [0.717, 1.165) is 22.1 Å². The molecule has 0 fully saturated rings. The van der Waals surface area contributed by atoms with Crippen LogP contribution in [0.4, 0.5) is 0 Å². The molecular weight excluding hydrogens is 566 g/mol.